The summed E-state index contributed by atoms with van der Waals surface area (Å²) in [7, 11) is 1.68. The van der Waals surface area contributed by atoms with Crippen LogP contribution in [0.1, 0.15) is 19.8 Å². The zero-order valence-electron chi connectivity index (χ0n) is 11.1. The van der Waals surface area contributed by atoms with Gasteiger partial charge in [0.1, 0.15) is 6.29 Å². The Kier molecular flexibility index (Phi) is 11.6. The van der Waals surface area contributed by atoms with Crippen molar-refractivity contribution in [3.05, 3.63) is 0 Å². The molecule has 0 aromatic carbocycles. The Morgan fingerprint density at radius 2 is 2.29 bits per heavy atom. The van der Waals surface area contributed by atoms with Crippen molar-refractivity contribution in [2.45, 2.75) is 25.9 Å². The van der Waals surface area contributed by atoms with Gasteiger partial charge in [0.05, 0.1) is 12.7 Å². The molecule has 0 bridgehead atoms. The van der Waals surface area contributed by atoms with E-state index < -0.39 is 0 Å². The Morgan fingerprint density at radius 1 is 1.59 bits per heavy atom. The van der Waals surface area contributed by atoms with Gasteiger partial charge in [-0.25, -0.2) is 0 Å². The van der Waals surface area contributed by atoms with Gasteiger partial charge < -0.3 is 20.0 Å². The van der Waals surface area contributed by atoms with Crippen molar-refractivity contribution in [1.29, 1.82) is 0 Å². The van der Waals surface area contributed by atoms with Crippen LogP contribution < -0.4 is 5.73 Å². The monoisotopic (exact) mass is 246 g/mol. The topological polar surface area (TPSA) is 64.8 Å². The summed E-state index contributed by atoms with van der Waals surface area (Å²) in [6, 6.07) is 0. The van der Waals surface area contributed by atoms with Gasteiger partial charge in [-0.05, 0) is 26.4 Å². The van der Waals surface area contributed by atoms with Crippen LogP contribution in [0.4, 0.5) is 0 Å². The smallest absolute Gasteiger partial charge is 0.122 e. The zero-order valence-corrected chi connectivity index (χ0v) is 11.1. The number of nitrogens with zero attached hydrogens (tertiary/aromatic N) is 1. The van der Waals surface area contributed by atoms with Crippen LogP contribution in [0.5, 0.6) is 0 Å². The number of methoxy groups -OCH3 is 1. The van der Waals surface area contributed by atoms with Gasteiger partial charge in [0.25, 0.3) is 0 Å². The average Bonchev–Trinajstić information content (AvgIpc) is 2.37. The van der Waals surface area contributed by atoms with E-state index in [0.29, 0.717) is 6.42 Å². The molecule has 0 saturated carbocycles. The van der Waals surface area contributed by atoms with E-state index >= 15 is 0 Å². The minimum Gasteiger partial charge on any atom is -0.385 e. The summed E-state index contributed by atoms with van der Waals surface area (Å²) in [4.78, 5) is 12.6. The maximum atomic E-state index is 10.3. The first-order valence-electron chi connectivity index (χ1n) is 6.25. The normalized spacial score (nSPS) is 20.5. The first-order chi connectivity index (χ1) is 8.28. The van der Waals surface area contributed by atoms with E-state index in [-0.39, 0.29) is 6.10 Å². The molecule has 0 amide bonds. The molecule has 1 atom stereocenters. The molecule has 5 heteroatoms. The fourth-order valence-corrected chi connectivity index (χ4v) is 1.55. The van der Waals surface area contributed by atoms with Crippen molar-refractivity contribution in [3.63, 3.8) is 0 Å². The molecule has 0 aromatic rings. The third-order valence-electron chi connectivity index (χ3n) is 2.55. The van der Waals surface area contributed by atoms with Crippen LogP contribution in [0.2, 0.25) is 0 Å². The molecule has 1 aliphatic heterocycles. The molecule has 102 valence electrons. The highest BCUT2D eigenvalue weighted by Gasteiger charge is 2.18. The lowest BCUT2D eigenvalue weighted by Crippen LogP contribution is -2.43. The lowest BCUT2D eigenvalue weighted by atomic mass is 10.2. The van der Waals surface area contributed by atoms with E-state index in [1.54, 1.807) is 7.11 Å². The molecule has 0 aromatic heterocycles. The summed E-state index contributed by atoms with van der Waals surface area (Å²) >= 11 is 0. The van der Waals surface area contributed by atoms with Crippen LogP contribution >= 0.6 is 0 Å². The van der Waals surface area contributed by atoms with Gasteiger partial charge in [-0.3, -0.25) is 4.90 Å². The van der Waals surface area contributed by atoms with Gasteiger partial charge in [0, 0.05) is 33.2 Å². The molecular weight excluding hydrogens is 220 g/mol. The van der Waals surface area contributed by atoms with Crippen molar-refractivity contribution in [3.8, 4) is 0 Å². The van der Waals surface area contributed by atoms with E-state index in [2.05, 4.69) is 9.64 Å². The van der Waals surface area contributed by atoms with Gasteiger partial charge in [0.15, 0.2) is 0 Å². The number of nitrogens with two attached hydrogens (primary N) is 1. The van der Waals surface area contributed by atoms with Crippen LogP contribution in [-0.2, 0) is 14.3 Å². The molecule has 1 aliphatic rings. The number of ether oxygens (including phenoxy) is 2. The quantitative estimate of drug-likeness (QED) is 0.682. The third kappa shape index (κ3) is 9.23. The molecule has 1 saturated heterocycles. The Balaban J connectivity index is 0.000000557. The van der Waals surface area contributed by atoms with Crippen LogP contribution in [0.25, 0.3) is 0 Å². The molecule has 0 radical (unpaired) electrons. The maximum absolute atomic E-state index is 10.3. The van der Waals surface area contributed by atoms with E-state index in [4.69, 9.17) is 10.5 Å². The lowest BCUT2D eigenvalue weighted by molar-refractivity contribution is -0.112. The standard InChI is InChI=1S/C9H18N2O2.C3H8O/c10-3-1-4-11-5-7-13-9(8-11)2-6-12;1-3-4-2/h6,9H,1-5,7-8,10H2;3H2,1-2H3. The van der Waals surface area contributed by atoms with E-state index in [9.17, 15) is 4.79 Å². The van der Waals surface area contributed by atoms with Gasteiger partial charge in [-0.15, -0.1) is 0 Å². The average molecular weight is 246 g/mol. The molecule has 1 rings (SSSR count). The van der Waals surface area contributed by atoms with Crippen LogP contribution in [0.15, 0.2) is 0 Å². The molecule has 0 aliphatic carbocycles. The number of carbonyl (C=O) groups excluding carboxylic acids is 1. The van der Waals surface area contributed by atoms with E-state index in [0.717, 1.165) is 52.1 Å². The Morgan fingerprint density at radius 3 is 2.82 bits per heavy atom. The van der Waals surface area contributed by atoms with Gasteiger partial charge in [0.2, 0.25) is 0 Å². The molecular formula is C12H26N2O3. The van der Waals surface area contributed by atoms with Crippen molar-refractivity contribution in [2.75, 3.05) is 46.5 Å². The fourth-order valence-electron chi connectivity index (χ4n) is 1.55. The minimum atomic E-state index is 0.101. The summed E-state index contributed by atoms with van der Waals surface area (Å²) in [5, 5.41) is 0. The third-order valence-corrected chi connectivity index (χ3v) is 2.55. The molecule has 1 heterocycles. The molecule has 17 heavy (non-hydrogen) atoms. The lowest BCUT2D eigenvalue weighted by Gasteiger charge is -2.31. The predicted molar refractivity (Wildman–Crippen MR) is 68.1 cm³/mol. The molecule has 1 fully saturated rings. The highest BCUT2D eigenvalue weighted by Crippen LogP contribution is 2.07. The van der Waals surface area contributed by atoms with Crippen molar-refractivity contribution in [1.82, 2.24) is 4.90 Å². The summed E-state index contributed by atoms with van der Waals surface area (Å²) in [6.07, 6.45) is 2.56. The SMILES string of the molecule is CCOC.NCCCN1CCOC(CC=O)C1. The number of rotatable bonds is 6. The number of hydrogen-bond acceptors (Lipinski definition) is 5. The first-order valence-corrected chi connectivity index (χ1v) is 6.25. The molecule has 5 nitrogen and oxygen atoms in total. The predicted octanol–water partition coefficient (Wildman–Crippen LogP) is 0.278. The second-order valence-corrected chi connectivity index (χ2v) is 3.92. The van der Waals surface area contributed by atoms with E-state index in [1.165, 1.54) is 0 Å². The van der Waals surface area contributed by atoms with Gasteiger partial charge in [-0.2, -0.15) is 0 Å². The van der Waals surface area contributed by atoms with Crippen LogP contribution in [0.3, 0.4) is 0 Å². The highest BCUT2D eigenvalue weighted by atomic mass is 16.5. The summed E-state index contributed by atoms with van der Waals surface area (Å²) < 4.78 is 9.97. The first kappa shape index (κ1) is 16.5. The fraction of sp³-hybridized carbons (Fsp3) is 0.917. The van der Waals surface area contributed by atoms with Crippen molar-refractivity contribution < 1.29 is 14.3 Å². The van der Waals surface area contributed by atoms with E-state index in [1.807, 2.05) is 6.92 Å². The molecule has 0 spiro atoms. The summed E-state index contributed by atoms with van der Waals surface area (Å²) in [5.74, 6) is 0. The van der Waals surface area contributed by atoms with Crippen LogP contribution in [-0.4, -0.2) is 63.8 Å². The summed E-state index contributed by atoms with van der Waals surface area (Å²) in [5.41, 5.74) is 5.42. The van der Waals surface area contributed by atoms with Gasteiger partial charge in [-0.1, -0.05) is 0 Å². The number of morpholine rings is 1. The van der Waals surface area contributed by atoms with Crippen molar-refractivity contribution in [2.24, 2.45) is 5.73 Å². The second kappa shape index (κ2) is 12.0. The highest BCUT2D eigenvalue weighted by molar-refractivity contribution is 5.50. The Hall–Kier alpha value is -0.490. The second-order valence-electron chi connectivity index (χ2n) is 3.92. The maximum Gasteiger partial charge on any atom is 0.122 e. The number of aldehydes is 1. The largest absolute Gasteiger partial charge is 0.385 e. The minimum absolute atomic E-state index is 0.101. The Bertz CT molecular complexity index is 177. The van der Waals surface area contributed by atoms with Gasteiger partial charge >= 0.3 is 0 Å². The van der Waals surface area contributed by atoms with Crippen molar-refractivity contribution >= 4 is 6.29 Å². The number of hydrogen-bond donors (Lipinski definition) is 1. The molecule has 1 unspecified atom stereocenters. The number of carbonyl (C=O) groups is 1. The van der Waals surface area contributed by atoms with Crippen LogP contribution in [0, 0.1) is 0 Å². The Labute approximate surface area is 104 Å². The zero-order chi connectivity index (χ0) is 12.9. The molecule has 2 N–H and O–H groups in total. The summed E-state index contributed by atoms with van der Waals surface area (Å²) in [6.45, 7) is 7.11.